The van der Waals surface area contributed by atoms with Gasteiger partial charge in [-0.1, -0.05) is 88.4 Å². The zero-order valence-corrected chi connectivity index (χ0v) is 27.8. The van der Waals surface area contributed by atoms with Crippen LogP contribution in [-0.2, 0) is 34.9 Å². The summed E-state index contributed by atoms with van der Waals surface area (Å²) in [5, 5.41) is 11.6. The van der Waals surface area contributed by atoms with Gasteiger partial charge in [-0.2, -0.15) is 0 Å². The van der Waals surface area contributed by atoms with Crippen molar-refractivity contribution in [3.63, 3.8) is 0 Å². The number of nitrogens with one attached hydrogen (secondary N) is 2. The molecule has 0 aliphatic carbocycles. The van der Waals surface area contributed by atoms with Gasteiger partial charge in [-0.25, -0.2) is 18.7 Å². The molecule has 12 nitrogen and oxygen atoms in total. The number of nitrogens with zero attached hydrogens (tertiary/aromatic N) is 2. The Hall–Kier alpha value is -3.65. The summed E-state index contributed by atoms with van der Waals surface area (Å²) in [4.78, 5) is 44.2. The maximum Gasteiger partial charge on any atom is 0.273 e. The number of hydrogen-bond acceptors (Lipinski definition) is 8. The highest BCUT2D eigenvalue weighted by atomic mass is 32.2. The fraction of sp³-hybridized carbons (Fsp3) is 0.515. The smallest absolute Gasteiger partial charge is 0.273 e. The third kappa shape index (κ3) is 11.6. The summed E-state index contributed by atoms with van der Waals surface area (Å²) < 4.78 is 33.8. The number of para-hydroxylation sites is 1. The molecule has 46 heavy (non-hydrogen) atoms. The minimum atomic E-state index is -4.27. The number of sulfonamides is 1. The highest BCUT2D eigenvalue weighted by molar-refractivity contribution is 7.88. The number of allylic oxidation sites excluding steroid dienone is 1. The molecular weight excluding hydrogens is 612 g/mol. The van der Waals surface area contributed by atoms with Gasteiger partial charge in [0, 0.05) is 31.2 Å². The molecule has 0 radical (unpaired) electrons. The normalized spacial score (nSPS) is 16.9. The number of hydrazine groups is 1. The summed E-state index contributed by atoms with van der Waals surface area (Å²) in [5.41, 5.74) is 5.67. The molecule has 1 fully saturated rings. The first-order valence-corrected chi connectivity index (χ1v) is 17.3. The first kappa shape index (κ1) is 36.8. The number of hydrogen-bond donors (Lipinski definition) is 2. The summed E-state index contributed by atoms with van der Waals surface area (Å²) in [5.74, 6) is -3.93. The summed E-state index contributed by atoms with van der Waals surface area (Å²) in [6.07, 6.45) is 5.96. The molecule has 2 amide bonds. The van der Waals surface area contributed by atoms with Crippen molar-refractivity contribution in [3.8, 4) is 0 Å². The molecule has 13 heteroatoms. The van der Waals surface area contributed by atoms with E-state index < -0.39 is 50.6 Å². The number of amides is 2. The van der Waals surface area contributed by atoms with Crippen LogP contribution in [0.4, 0.5) is 5.69 Å². The van der Waals surface area contributed by atoms with Crippen molar-refractivity contribution < 1.29 is 32.5 Å². The summed E-state index contributed by atoms with van der Waals surface area (Å²) in [7, 11) is -4.27. The van der Waals surface area contributed by atoms with Gasteiger partial charge in [-0.3, -0.25) is 25.1 Å². The first-order valence-electron chi connectivity index (χ1n) is 15.7. The number of nitro groups is 1. The number of nitro benzene ring substituents is 1. The third-order valence-electron chi connectivity index (χ3n) is 7.44. The Morgan fingerprint density at radius 2 is 1.72 bits per heavy atom. The molecule has 0 aromatic heterocycles. The van der Waals surface area contributed by atoms with Gasteiger partial charge in [0.25, 0.3) is 5.69 Å². The molecule has 0 bridgehead atoms. The van der Waals surface area contributed by atoms with E-state index in [1.165, 1.54) is 24.3 Å². The Bertz CT molecular complexity index is 1430. The molecular formula is C33H46N4O8S. The van der Waals surface area contributed by atoms with Crippen molar-refractivity contribution in [2.24, 2.45) is 23.7 Å². The SMILES string of the molecule is CC(C)C[C@@H](C(=O)NN(CC(C)C)S(=O)(=O)Cc1ccccc1[N+](=O)[O-])[C@H](C/C=C/c1ccccc1)C(=O)NOC1CCCCO1. The molecule has 252 valence electrons. The summed E-state index contributed by atoms with van der Waals surface area (Å²) >= 11 is 0. The number of benzene rings is 2. The number of rotatable bonds is 17. The van der Waals surface area contributed by atoms with E-state index >= 15 is 0 Å². The van der Waals surface area contributed by atoms with Gasteiger partial charge < -0.3 is 4.74 Å². The number of ether oxygens (including phenoxy) is 1. The Morgan fingerprint density at radius 3 is 2.35 bits per heavy atom. The molecule has 3 rings (SSSR count). The zero-order chi connectivity index (χ0) is 33.7. The second-order valence-corrected chi connectivity index (χ2v) is 14.2. The third-order valence-corrected chi connectivity index (χ3v) is 9.03. The zero-order valence-electron chi connectivity index (χ0n) is 27.0. The lowest BCUT2D eigenvalue weighted by Crippen LogP contribution is -2.52. The van der Waals surface area contributed by atoms with Crippen LogP contribution in [0.3, 0.4) is 0 Å². The maximum atomic E-state index is 14.0. The molecule has 1 aliphatic rings. The van der Waals surface area contributed by atoms with Crippen molar-refractivity contribution in [3.05, 3.63) is 81.9 Å². The average Bonchev–Trinajstić information content (AvgIpc) is 3.01. The van der Waals surface area contributed by atoms with Crippen LogP contribution >= 0.6 is 0 Å². The topological polar surface area (TPSA) is 157 Å². The number of hydroxylamine groups is 1. The van der Waals surface area contributed by atoms with Crippen molar-refractivity contribution in [1.29, 1.82) is 0 Å². The van der Waals surface area contributed by atoms with E-state index in [0.29, 0.717) is 13.0 Å². The van der Waals surface area contributed by atoms with E-state index in [9.17, 15) is 28.1 Å². The van der Waals surface area contributed by atoms with Gasteiger partial charge in [0.2, 0.25) is 21.8 Å². The Labute approximate surface area is 271 Å². The molecule has 2 aromatic rings. The van der Waals surface area contributed by atoms with Gasteiger partial charge in [-0.05, 0) is 43.1 Å². The molecule has 1 aliphatic heterocycles. The molecule has 0 saturated carbocycles. The van der Waals surface area contributed by atoms with E-state index in [2.05, 4.69) is 10.9 Å². The van der Waals surface area contributed by atoms with Crippen LogP contribution in [-0.4, -0.2) is 49.0 Å². The number of carbonyl (C=O) groups excluding carboxylic acids is 2. The largest absolute Gasteiger partial charge is 0.350 e. The predicted octanol–water partition coefficient (Wildman–Crippen LogP) is 5.37. The summed E-state index contributed by atoms with van der Waals surface area (Å²) in [6, 6.07) is 15.1. The predicted molar refractivity (Wildman–Crippen MR) is 175 cm³/mol. The van der Waals surface area contributed by atoms with Crippen molar-refractivity contribution in [2.75, 3.05) is 13.2 Å². The van der Waals surface area contributed by atoms with Crippen molar-refractivity contribution in [1.82, 2.24) is 15.3 Å². The van der Waals surface area contributed by atoms with Crippen LogP contribution < -0.4 is 10.9 Å². The molecule has 0 spiro atoms. The van der Waals surface area contributed by atoms with Crippen LogP contribution in [0.15, 0.2) is 60.7 Å². The molecule has 1 heterocycles. The van der Waals surface area contributed by atoms with E-state index in [1.807, 2.05) is 56.3 Å². The quantitative estimate of drug-likeness (QED) is 0.170. The van der Waals surface area contributed by atoms with E-state index in [-0.39, 0.29) is 42.5 Å². The lowest BCUT2D eigenvalue weighted by molar-refractivity contribution is -0.385. The number of carbonyl (C=O) groups is 2. The van der Waals surface area contributed by atoms with E-state index in [0.717, 1.165) is 22.8 Å². The Kier molecular flexibility index (Phi) is 14.3. The molecule has 1 unspecified atom stereocenters. The standard InChI is InChI=1S/C33H46N4O8S/c1-24(2)21-29(28(17-12-15-26-13-6-5-7-14-26)33(39)35-45-31-19-10-11-20-44-31)32(38)34-36(22-25(3)4)46(42,43)23-27-16-8-9-18-30(27)37(40)41/h5-9,12-16,18,24-25,28-29,31H,10-11,17,19-23H2,1-4H3,(H,34,38)(H,35,39)/b15-12+/t28-,29+,31?/m0/s1. The first-order chi connectivity index (χ1) is 21.9. The van der Waals surface area contributed by atoms with Gasteiger partial charge in [0.1, 0.15) is 0 Å². The maximum absolute atomic E-state index is 14.0. The summed E-state index contributed by atoms with van der Waals surface area (Å²) in [6.45, 7) is 7.86. The molecule has 2 N–H and O–H groups in total. The lowest BCUT2D eigenvalue weighted by atomic mass is 9.82. The highest BCUT2D eigenvalue weighted by Crippen LogP contribution is 2.27. The fourth-order valence-electron chi connectivity index (χ4n) is 5.19. The molecule has 3 atom stereocenters. The molecule has 2 aromatic carbocycles. The molecule has 1 saturated heterocycles. The monoisotopic (exact) mass is 658 g/mol. The fourth-order valence-corrected chi connectivity index (χ4v) is 6.73. The van der Waals surface area contributed by atoms with Gasteiger partial charge in [0.15, 0.2) is 6.29 Å². The van der Waals surface area contributed by atoms with Gasteiger partial charge in [0.05, 0.1) is 22.5 Å². The Balaban J connectivity index is 1.90. The van der Waals surface area contributed by atoms with Crippen LogP contribution in [0, 0.1) is 33.8 Å². The second kappa shape index (κ2) is 17.9. The van der Waals surface area contributed by atoms with Crippen molar-refractivity contribution in [2.45, 2.75) is 71.8 Å². The van der Waals surface area contributed by atoms with Crippen LogP contribution in [0.1, 0.15) is 70.9 Å². The van der Waals surface area contributed by atoms with Crippen LogP contribution in [0.2, 0.25) is 0 Å². The van der Waals surface area contributed by atoms with E-state index in [4.69, 9.17) is 9.57 Å². The second-order valence-electron chi connectivity index (χ2n) is 12.3. The van der Waals surface area contributed by atoms with Crippen LogP contribution in [0.25, 0.3) is 6.08 Å². The minimum absolute atomic E-state index is 0.000352. The van der Waals surface area contributed by atoms with Gasteiger partial charge in [-0.15, -0.1) is 4.41 Å². The highest BCUT2D eigenvalue weighted by Gasteiger charge is 2.37. The van der Waals surface area contributed by atoms with Crippen molar-refractivity contribution >= 4 is 33.6 Å². The van der Waals surface area contributed by atoms with E-state index in [1.54, 1.807) is 13.8 Å². The lowest BCUT2D eigenvalue weighted by Gasteiger charge is -2.31. The van der Waals surface area contributed by atoms with Crippen LogP contribution in [0.5, 0.6) is 0 Å². The minimum Gasteiger partial charge on any atom is -0.350 e. The van der Waals surface area contributed by atoms with Gasteiger partial charge >= 0.3 is 0 Å². The average molecular weight is 659 g/mol. The Morgan fingerprint density at radius 1 is 1.02 bits per heavy atom.